The van der Waals surface area contributed by atoms with E-state index in [2.05, 4.69) is 0 Å². The van der Waals surface area contributed by atoms with Crippen molar-refractivity contribution < 1.29 is 4.74 Å². The first kappa shape index (κ1) is 12.9. The minimum atomic E-state index is -0.0319. The Morgan fingerprint density at radius 2 is 1.94 bits per heavy atom. The first-order valence-corrected chi connectivity index (χ1v) is 6.23. The molecule has 0 unspecified atom stereocenters. The fourth-order valence-corrected chi connectivity index (χ4v) is 1.92. The van der Waals surface area contributed by atoms with Crippen molar-refractivity contribution in [2.45, 2.75) is 19.9 Å². The summed E-state index contributed by atoms with van der Waals surface area (Å²) < 4.78 is 5.75. The lowest BCUT2D eigenvalue weighted by atomic mass is 10.1. The minimum Gasteiger partial charge on any atom is -0.456 e. The largest absolute Gasteiger partial charge is 0.456 e. The zero-order valence-corrected chi connectivity index (χ0v) is 11.2. The van der Waals surface area contributed by atoms with Crippen LogP contribution in [0.1, 0.15) is 24.1 Å². The van der Waals surface area contributed by atoms with Gasteiger partial charge in [0.05, 0.1) is 5.02 Å². The zero-order chi connectivity index (χ0) is 13.1. The molecule has 18 heavy (non-hydrogen) atoms. The fourth-order valence-electron chi connectivity index (χ4n) is 1.69. The molecule has 2 aromatic rings. The predicted octanol–water partition coefficient (Wildman–Crippen LogP) is 4.46. The van der Waals surface area contributed by atoms with Gasteiger partial charge in [-0.2, -0.15) is 0 Å². The molecule has 3 heteroatoms. The lowest BCUT2D eigenvalue weighted by molar-refractivity contribution is 0.482. The Morgan fingerprint density at radius 3 is 2.56 bits per heavy atom. The van der Waals surface area contributed by atoms with Gasteiger partial charge in [0.15, 0.2) is 0 Å². The van der Waals surface area contributed by atoms with E-state index in [1.807, 2.05) is 56.3 Å². The predicted molar refractivity (Wildman–Crippen MR) is 75.3 cm³/mol. The van der Waals surface area contributed by atoms with E-state index in [4.69, 9.17) is 22.1 Å². The van der Waals surface area contributed by atoms with Gasteiger partial charge < -0.3 is 10.5 Å². The van der Waals surface area contributed by atoms with Gasteiger partial charge in [0.1, 0.15) is 11.5 Å². The second-order valence-corrected chi connectivity index (χ2v) is 4.80. The summed E-state index contributed by atoms with van der Waals surface area (Å²) in [6.07, 6.45) is 0. The molecular formula is C15H16ClNO. The Balaban J connectivity index is 2.24. The Hall–Kier alpha value is -1.51. The van der Waals surface area contributed by atoms with Crippen LogP contribution in [0.3, 0.4) is 0 Å². The van der Waals surface area contributed by atoms with Gasteiger partial charge >= 0.3 is 0 Å². The van der Waals surface area contributed by atoms with Crippen LogP contribution >= 0.6 is 11.6 Å². The highest BCUT2D eigenvalue weighted by Crippen LogP contribution is 2.31. The Morgan fingerprint density at radius 1 is 1.17 bits per heavy atom. The molecule has 2 aromatic carbocycles. The Kier molecular flexibility index (Phi) is 3.90. The molecule has 0 amide bonds. The summed E-state index contributed by atoms with van der Waals surface area (Å²) in [4.78, 5) is 0. The second kappa shape index (κ2) is 5.42. The van der Waals surface area contributed by atoms with Crippen LogP contribution in [-0.2, 0) is 0 Å². The van der Waals surface area contributed by atoms with Gasteiger partial charge in [-0.25, -0.2) is 0 Å². The van der Waals surface area contributed by atoms with Crippen molar-refractivity contribution in [3.05, 3.63) is 58.6 Å². The van der Waals surface area contributed by atoms with Crippen molar-refractivity contribution in [1.29, 1.82) is 0 Å². The van der Waals surface area contributed by atoms with Gasteiger partial charge in [0, 0.05) is 6.04 Å². The van der Waals surface area contributed by atoms with Crippen molar-refractivity contribution in [3.63, 3.8) is 0 Å². The molecule has 2 nitrogen and oxygen atoms in total. The quantitative estimate of drug-likeness (QED) is 0.885. The summed E-state index contributed by atoms with van der Waals surface area (Å²) in [7, 11) is 0. The van der Waals surface area contributed by atoms with E-state index in [1.165, 1.54) is 0 Å². The molecule has 0 aromatic heterocycles. The normalized spacial score (nSPS) is 12.2. The maximum Gasteiger partial charge on any atom is 0.146 e. The summed E-state index contributed by atoms with van der Waals surface area (Å²) in [5.74, 6) is 1.43. The molecule has 2 N–H and O–H groups in total. The van der Waals surface area contributed by atoms with Crippen LogP contribution in [0, 0.1) is 6.92 Å². The lowest BCUT2D eigenvalue weighted by Crippen LogP contribution is -2.04. The maximum atomic E-state index is 6.18. The number of ether oxygens (including phenoxy) is 1. The molecule has 0 heterocycles. The average Bonchev–Trinajstić information content (AvgIpc) is 2.31. The molecule has 0 saturated carbocycles. The van der Waals surface area contributed by atoms with Gasteiger partial charge in [0.2, 0.25) is 0 Å². The molecule has 0 aliphatic carbocycles. The molecule has 1 atom stereocenters. The van der Waals surface area contributed by atoms with Crippen LogP contribution in [0.5, 0.6) is 11.5 Å². The average molecular weight is 262 g/mol. The van der Waals surface area contributed by atoms with E-state index in [0.717, 1.165) is 16.9 Å². The lowest BCUT2D eigenvalue weighted by Gasteiger charge is -2.11. The molecular weight excluding hydrogens is 246 g/mol. The van der Waals surface area contributed by atoms with E-state index >= 15 is 0 Å². The van der Waals surface area contributed by atoms with Gasteiger partial charge in [-0.05, 0) is 49.2 Å². The van der Waals surface area contributed by atoms with Crippen molar-refractivity contribution >= 4 is 11.6 Å². The van der Waals surface area contributed by atoms with Crippen LogP contribution in [0.15, 0.2) is 42.5 Å². The molecule has 0 bridgehead atoms. The smallest absolute Gasteiger partial charge is 0.146 e. The summed E-state index contributed by atoms with van der Waals surface area (Å²) in [6.45, 7) is 3.94. The van der Waals surface area contributed by atoms with Crippen LogP contribution in [0.2, 0.25) is 5.02 Å². The topological polar surface area (TPSA) is 35.2 Å². The van der Waals surface area contributed by atoms with E-state index in [-0.39, 0.29) is 6.04 Å². The molecule has 0 fully saturated rings. The molecule has 94 valence electrons. The summed E-state index contributed by atoms with van der Waals surface area (Å²) in [6, 6.07) is 13.4. The SMILES string of the molecule is Cc1cccc(Oc2ccc([C@H](C)N)cc2Cl)c1. The minimum absolute atomic E-state index is 0.0319. The summed E-state index contributed by atoms with van der Waals surface area (Å²) in [5.41, 5.74) is 7.95. The molecule has 0 radical (unpaired) electrons. The maximum absolute atomic E-state index is 6.18. The van der Waals surface area contributed by atoms with Crippen LogP contribution in [0.25, 0.3) is 0 Å². The van der Waals surface area contributed by atoms with E-state index in [0.29, 0.717) is 10.8 Å². The van der Waals surface area contributed by atoms with Gasteiger partial charge in [-0.3, -0.25) is 0 Å². The summed E-state index contributed by atoms with van der Waals surface area (Å²) in [5, 5.41) is 0.575. The van der Waals surface area contributed by atoms with E-state index in [9.17, 15) is 0 Å². The highest BCUT2D eigenvalue weighted by molar-refractivity contribution is 6.32. The second-order valence-electron chi connectivity index (χ2n) is 4.40. The van der Waals surface area contributed by atoms with Gasteiger partial charge in [0.25, 0.3) is 0 Å². The molecule has 0 spiro atoms. The third-order valence-corrected chi connectivity index (χ3v) is 2.99. The number of rotatable bonds is 3. The fraction of sp³-hybridized carbons (Fsp3) is 0.200. The van der Waals surface area contributed by atoms with Crippen LogP contribution in [0.4, 0.5) is 0 Å². The van der Waals surface area contributed by atoms with Crippen LogP contribution < -0.4 is 10.5 Å². The Labute approximate surface area is 112 Å². The van der Waals surface area contributed by atoms with Crippen molar-refractivity contribution in [2.75, 3.05) is 0 Å². The standard InChI is InChI=1S/C15H16ClNO/c1-10-4-3-5-13(8-10)18-15-7-6-12(11(2)17)9-14(15)16/h3-9,11H,17H2,1-2H3/t11-/m0/s1. The number of aryl methyl sites for hydroxylation is 1. The molecule has 0 aliphatic heterocycles. The third-order valence-electron chi connectivity index (χ3n) is 2.70. The van der Waals surface area contributed by atoms with Crippen molar-refractivity contribution in [2.24, 2.45) is 5.73 Å². The molecule has 0 saturated heterocycles. The molecule has 0 aliphatic rings. The number of nitrogens with two attached hydrogens (primary N) is 1. The third kappa shape index (κ3) is 3.03. The van der Waals surface area contributed by atoms with Crippen molar-refractivity contribution in [1.82, 2.24) is 0 Å². The van der Waals surface area contributed by atoms with Crippen molar-refractivity contribution in [3.8, 4) is 11.5 Å². The zero-order valence-electron chi connectivity index (χ0n) is 10.5. The van der Waals surface area contributed by atoms with E-state index < -0.39 is 0 Å². The summed E-state index contributed by atoms with van der Waals surface area (Å²) >= 11 is 6.18. The highest BCUT2D eigenvalue weighted by atomic mass is 35.5. The Bertz CT molecular complexity index is 552. The number of hydrogen-bond donors (Lipinski definition) is 1. The monoisotopic (exact) mass is 261 g/mol. The number of halogens is 1. The van der Waals surface area contributed by atoms with Gasteiger partial charge in [-0.1, -0.05) is 29.8 Å². The first-order valence-electron chi connectivity index (χ1n) is 5.86. The van der Waals surface area contributed by atoms with Gasteiger partial charge in [-0.15, -0.1) is 0 Å². The molecule has 2 rings (SSSR count). The van der Waals surface area contributed by atoms with E-state index in [1.54, 1.807) is 0 Å². The first-order chi connectivity index (χ1) is 8.56. The van der Waals surface area contributed by atoms with Crippen LogP contribution in [-0.4, -0.2) is 0 Å². The highest BCUT2D eigenvalue weighted by Gasteiger charge is 2.06. The number of benzene rings is 2. The number of hydrogen-bond acceptors (Lipinski definition) is 2.